The number of hydrogen-bond donors (Lipinski definition) is 1. The third-order valence-corrected chi connectivity index (χ3v) is 5.73. The van der Waals surface area contributed by atoms with E-state index in [0.717, 1.165) is 34.2 Å². The summed E-state index contributed by atoms with van der Waals surface area (Å²) in [5.74, 6) is 1.42. The van der Waals surface area contributed by atoms with E-state index in [1.807, 2.05) is 63.7 Å². The van der Waals surface area contributed by atoms with E-state index in [1.54, 1.807) is 11.8 Å². The van der Waals surface area contributed by atoms with Gasteiger partial charge in [0.2, 0.25) is 5.91 Å². The van der Waals surface area contributed by atoms with Crippen LogP contribution in [0.15, 0.2) is 29.4 Å². The molecule has 0 saturated heterocycles. The minimum atomic E-state index is -0.342. The Morgan fingerprint density at radius 1 is 1.18 bits per heavy atom. The molecule has 148 valence electrons. The standard InChI is InChI=1S/C19H24N6O2S/c1-11-16(12(2)25(5)23-11)20-18(26)13(3)28-19-22-21-17(24(19)4)14-7-9-15(27-6)10-8-14/h7-10,13H,1-6H3,(H,20,26)/t13-/m0/s1. The molecule has 3 aromatic rings. The minimum absolute atomic E-state index is 0.0989. The van der Waals surface area contributed by atoms with Crippen molar-refractivity contribution >= 4 is 23.4 Å². The quantitative estimate of drug-likeness (QED) is 0.640. The number of ether oxygens (including phenoxy) is 1. The van der Waals surface area contributed by atoms with Crippen LogP contribution in [-0.4, -0.2) is 42.8 Å². The maximum absolute atomic E-state index is 12.6. The van der Waals surface area contributed by atoms with Gasteiger partial charge < -0.3 is 14.6 Å². The van der Waals surface area contributed by atoms with E-state index in [9.17, 15) is 4.79 Å². The number of anilines is 1. The SMILES string of the molecule is COc1ccc(-c2nnc(S[C@@H](C)C(=O)Nc3c(C)nn(C)c3C)n2C)cc1. The Kier molecular flexibility index (Phi) is 5.73. The number of rotatable bonds is 6. The van der Waals surface area contributed by atoms with Crippen molar-refractivity contribution in [2.75, 3.05) is 12.4 Å². The predicted octanol–water partition coefficient (Wildman–Crippen LogP) is 2.96. The minimum Gasteiger partial charge on any atom is -0.497 e. The molecule has 3 rings (SSSR count). The summed E-state index contributed by atoms with van der Waals surface area (Å²) in [6.07, 6.45) is 0. The smallest absolute Gasteiger partial charge is 0.237 e. The van der Waals surface area contributed by atoms with Crippen molar-refractivity contribution in [3.8, 4) is 17.1 Å². The van der Waals surface area contributed by atoms with Crippen molar-refractivity contribution < 1.29 is 9.53 Å². The fraction of sp³-hybridized carbons (Fsp3) is 0.368. The first kappa shape index (κ1) is 19.9. The van der Waals surface area contributed by atoms with Crippen LogP contribution < -0.4 is 10.1 Å². The number of methoxy groups -OCH3 is 1. The van der Waals surface area contributed by atoms with E-state index < -0.39 is 0 Å². The number of nitrogens with one attached hydrogen (secondary N) is 1. The largest absolute Gasteiger partial charge is 0.497 e. The van der Waals surface area contributed by atoms with Crippen molar-refractivity contribution in [3.63, 3.8) is 0 Å². The lowest BCUT2D eigenvalue weighted by atomic mass is 10.2. The van der Waals surface area contributed by atoms with E-state index in [-0.39, 0.29) is 11.2 Å². The topological polar surface area (TPSA) is 86.9 Å². The molecule has 0 saturated carbocycles. The molecule has 0 aliphatic carbocycles. The first-order chi connectivity index (χ1) is 13.3. The van der Waals surface area contributed by atoms with E-state index in [2.05, 4.69) is 20.6 Å². The molecule has 0 radical (unpaired) electrons. The van der Waals surface area contributed by atoms with E-state index >= 15 is 0 Å². The average Bonchev–Trinajstić information content (AvgIpc) is 3.16. The second kappa shape index (κ2) is 8.05. The molecule has 8 nitrogen and oxygen atoms in total. The van der Waals surface area contributed by atoms with Crippen molar-refractivity contribution in [2.45, 2.75) is 31.2 Å². The van der Waals surface area contributed by atoms with Gasteiger partial charge in [-0.05, 0) is 45.0 Å². The van der Waals surface area contributed by atoms with Gasteiger partial charge in [0.05, 0.1) is 29.4 Å². The third-order valence-electron chi connectivity index (χ3n) is 4.59. The van der Waals surface area contributed by atoms with Crippen LogP contribution in [0.1, 0.15) is 18.3 Å². The summed E-state index contributed by atoms with van der Waals surface area (Å²) in [7, 11) is 5.38. The summed E-state index contributed by atoms with van der Waals surface area (Å²) in [6, 6.07) is 7.62. The number of amides is 1. The lowest BCUT2D eigenvalue weighted by molar-refractivity contribution is -0.115. The van der Waals surface area contributed by atoms with Gasteiger partial charge in [-0.3, -0.25) is 9.48 Å². The molecular weight excluding hydrogens is 376 g/mol. The molecule has 2 aromatic heterocycles. The lowest BCUT2D eigenvalue weighted by Crippen LogP contribution is -2.23. The zero-order chi connectivity index (χ0) is 20.4. The van der Waals surface area contributed by atoms with Crippen LogP contribution in [0.5, 0.6) is 5.75 Å². The van der Waals surface area contributed by atoms with Crippen LogP contribution in [0, 0.1) is 13.8 Å². The number of nitrogens with zero attached hydrogens (tertiary/aromatic N) is 5. The van der Waals surface area contributed by atoms with Crippen LogP contribution in [0.3, 0.4) is 0 Å². The number of carbonyl (C=O) groups excluding carboxylic acids is 1. The Hall–Kier alpha value is -2.81. The highest BCUT2D eigenvalue weighted by Gasteiger charge is 2.21. The molecule has 1 atom stereocenters. The molecular formula is C19H24N6O2S. The summed E-state index contributed by atoms with van der Waals surface area (Å²) in [5.41, 5.74) is 3.41. The first-order valence-corrected chi connectivity index (χ1v) is 9.71. The Labute approximate surface area is 168 Å². The van der Waals surface area contributed by atoms with Crippen LogP contribution in [-0.2, 0) is 18.9 Å². The van der Waals surface area contributed by atoms with Gasteiger partial charge in [-0.25, -0.2) is 0 Å². The Morgan fingerprint density at radius 3 is 2.43 bits per heavy atom. The first-order valence-electron chi connectivity index (χ1n) is 8.83. The summed E-state index contributed by atoms with van der Waals surface area (Å²) in [5, 5.41) is 16.2. The maximum atomic E-state index is 12.6. The summed E-state index contributed by atoms with van der Waals surface area (Å²) >= 11 is 1.36. The molecule has 0 spiro atoms. The number of carbonyl (C=O) groups is 1. The molecule has 28 heavy (non-hydrogen) atoms. The van der Waals surface area contributed by atoms with Gasteiger partial charge in [-0.1, -0.05) is 11.8 Å². The van der Waals surface area contributed by atoms with Crippen molar-refractivity contribution in [2.24, 2.45) is 14.1 Å². The van der Waals surface area contributed by atoms with Gasteiger partial charge in [0.15, 0.2) is 11.0 Å². The fourth-order valence-electron chi connectivity index (χ4n) is 2.80. The van der Waals surface area contributed by atoms with E-state index in [4.69, 9.17) is 4.74 Å². The molecule has 0 unspecified atom stereocenters. The number of aromatic nitrogens is 5. The predicted molar refractivity (Wildman–Crippen MR) is 110 cm³/mol. The van der Waals surface area contributed by atoms with Gasteiger partial charge in [0, 0.05) is 19.7 Å². The zero-order valence-electron chi connectivity index (χ0n) is 16.8. The van der Waals surface area contributed by atoms with Gasteiger partial charge in [-0.15, -0.1) is 10.2 Å². The van der Waals surface area contributed by atoms with Crippen LogP contribution in [0.25, 0.3) is 11.4 Å². The molecule has 0 bridgehead atoms. The lowest BCUT2D eigenvalue weighted by Gasteiger charge is -2.12. The van der Waals surface area contributed by atoms with Crippen LogP contribution in [0.4, 0.5) is 5.69 Å². The second-order valence-electron chi connectivity index (χ2n) is 6.51. The van der Waals surface area contributed by atoms with Crippen LogP contribution >= 0.6 is 11.8 Å². The van der Waals surface area contributed by atoms with Crippen molar-refractivity contribution in [3.05, 3.63) is 35.7 Å². The Balaban J connectivity index is 1.72. The molecule has 0 fully saturated rings. The van der Waals surface area contributed by atoms with Crippen molar-refractivity contribution in [1.29, 1.82) is 0 Å². The zero-order valence-corrected chi connectivity index (χ0v) is 17.7. The van der Waals surface area contributed by atoms with Gasteiger partial charge in [-0.2, -0.15) is 5.10 Å². The van der Waals surface area contributed by atoms with E-state index in [1.165, 1.54) is 11.8 Å². The highest BCUT2D eigenvalue weighted by atomic mass is 32.2. The Bertz CT molecular complexity index is 993. The number of benzene rings is 1. The maximum Gasteiger partial charge on any atom is 0.237 e. The second-order valence-corrected chi connectivity index (χ2v) is 7.82. The summed E-state index contributed by atoms with van der Waals surface area (Å²) in [6.45, 7) is 5.66. The number of thioether (sulfide) groups is 1. The highest BCUT2D eigenvalue weighted by molar-refractivity contribution is 8.00. The third kappa shape index (κ3) is 3.89. The van der Waals surface area contributed by atoms with Crippen molar-refractivity contribution in [1.82, 2.24) is 24.5 Å². The Morgan fingerprint density at radius 2 is 1.86 bits per heavy atom. The molecule has 1 amide bonds. The van der Waals surface area contributed by atoms with Gasteiger partial charge in [0.1, 0.15) is 5.75 Å². The summed E-state index contributed by atoms with van der Waals surface area (Å²) < 4.78 is 8.83. The fourth-order valence-corrected chi connectivity index (χ4v) is 3.61. The highest BCUT2D eigenvalue weighted by Crippen LogP contribution is 2.28. The van der Waals surface area contributed by atoms with Crippen LogP contribution in [0.2, 0.25) is 0 Å². The van der Waals surface area contributed by atoms with Gasteiger partial charge in [0.25, 0.3) is 0 Å². The van der Waals surface area contributed by atoms with E-state index in [0.29, 0.717) is 5.16 Å². The number of aryl methyl sites for hydroxylation is 2. The molecule has 0 aliphatic rings. The number of hydrogen-bond acceptors (Lipinski definition) is 6. The van der Waals surface area contributed by atoms with Gasteiger partial charge >= 0.3 is 0 Å². The molecule has 1 aromatic carbocycles. The molecule has 1 N–H and O–H groups in total. The summed E-state index contributed by atoms with van der Waals surface area (Å²) in [4.78, 5) is 12.6. The normalized spacial score (nSPS) is 12.1. The average molecular weight is 401 g/mol. The monoisotopic (exact) mass is 400 g/mol. The molecule has 9 heteroatoms. The molecule has 2 heterocycles. The molecule has 0 aliphatic heterocycles.